The van der Waals surface area contributed by atoms with Crippen LogP contribution in [0.5, 0.6) is 0 Å². The number of amides is 1. The molecule has 1 aromatic rings. The number of carbonyl (C=O) groups is 1. The van der Waals surface area contributed by atoms with Gasteiger partial charge in [-0.2, -0.15) is 0 Å². The molecule has 1 unspecified atom stereocenters. The Bertz CT molecular complexity index is 676. The number of halogens is 1. The fraction of sp³-hybridized carbons (Fsp3) is 0.562. The SMILES string of the molecule is CCC1CCCCN1C(=O)CNS(=O)(=O)c1ccc(F)cc1C. The molecule has 0 bridgehead atoms. The van der Waals surface area contributed by atoms with Crippen LogP contribution in [-0.2, 0) is 14.8 Å². The number of hydrogen-bond acceptors (Lipinski definition) is 3. The molecule has 2 rings (SSSR count). The maximum atomic E-state index is 13.1. The Labute approximate surface area is 136 Å². The van der Waals surface area contributed by atoms with Crippen molar-refractivity contribution in [2.75, 3.05) is 13.1 Å². The number of hydrogen-bond donors (Lipinski definition) is 1. The van der Waals surface area contributed by atoms with Gasteiger partial charge in [0.05, 0.1) is 11.4 Å². The van der Waals surface area contributed by atoms with Crippen LogP contribution in [0.25, 0.3) is 0 Å². The molecule has 1 saturated heterocycles. The van der Waals surface area contributed by atoms with Crippen molar-refractivity contribution < 1.29 is 17.6 Å². The van der Waals surface area contributed by atoms with Gasteiger partial charge in [0, 0.05) is 12.6 Å². The Morgan fingerprint density at radius 3 is 2.78 bits per heavy atom. The van der Waals surface area contributed by atoms with Crippen molar-refractivity contribution >= 4 is 15.9 Å². The molecule has 128 valence electrons. The highest BCUT2D eigenvalue weighted by Crippen LogP contribution is 2.20. The summed E-state index contributed by atoms with van der Waals surface area (Å²) >= 11 is 0. The van der Waals surface area contributed by atoms with E-state index in [4.69, 9.17) is 0 Å². The molecular formula is C16H23FN2O3S. The van der Waals surface area contributed by atoms with Gasteiger partial charge in [0.15, 0.2) is 0 Å². The van der Waals surface area contributed by atoms with Gasteiger partial charge >= 0.3 is 0 Å². The molecule has 1 N–H and O–H groups in total. The minimum Gasteiger partial charge on any atom is -0.339 e. The summed E-state index contributed by atoms with van der Waals surface area (Å²) in [5.41, 5.74) is 0.314. The fourth-order valence-corrected chi connectivity index (χ4v) is 4.20. The average molecular weight is 342 g/mol. The molecule has 0 saturated carbocycles. The number of rotatable bonds is 5. The van der Waals surface area contributed by atoms with Gasteiger partial charge in [-0.15, -0.1) is 0 Å². The number of sulfonamides is 1. The van der Waals surface area contributed by atoms with Crippen molar-refractivity contribution in [1.82, 2.24) is 9.62 Å². The third-order valence-electron chi connectivity index (χ3n) is 4.26. The van der Waals surface area contributed by atoms with Gasteiger partial charge in [0.25, 0.3) is 0 Å². The molecule has 1 aliphatic rings. The molecule has 7 heteroatoms. The van der Waals surface area contributed by atoms with E-state index < -0.39 is 15.8 Å². The number of piperidine rings is 1. The van der Waals surface area contributed by atoms with Crippen LogP contribution in [0.4, 0.5) is 4.39 Å². The van der Waals surface area contributed by atoms with E-state index in [1.54, 1.807) is 4.90 Å². The van der Waals surface area contributed by atoms with Gasteiger partial charge < -0.3 is 4.90 Å². The summed E-state index contributed by atoms with van der Waals surface area (Å²) in [6.45, 7) is 3.96. The molecule has 1 aliphatic heterocycles. The third-order valence-corrected chi connectivity index (χ3v) is 5.82. The van der Waals surface area contributed by atoms with Gasteiger partial charge in [-0.1, -0.05) is 6.92 Å². The van der Waals surface area contributed by atoms with E-state index in [2.05, 4.69) is 4.72 Å². The molecular weight excluding hydrogens is 319 g/mol. The quantitative estimate of drug-likeness (QED) is 0.892. The number of nitrogens with one attached hydrogen (secondary N) is 1. The molecule has 1 aromatic carbocycles. The summed E-state index contributed by atoms with van der Waals surface area (Å²) in [6, 6.07) is 3.66. The number of carbonyl (C=O) groups excluding carboxylic acids is 1. The molecule has 0 spiro atoms. The van der Waals surface area contributed by atoms with Crippen molar-refractivity contribution in [2.24, 2.45) is 0 Å². The first-order valence-electron chi connectivity index (χ1n) is 7.90. The highest BCUT2D eigenvalue weighted by atomic mass is 32.2. The lowest BCUT2D eigenvalue weighted by Crippen LogP contribution is -2.47. The largest absolute Gasteiger partial charge is 0.339 e. The van der Waals surface area contributed by atoms with Gasteiger partial charge in [0.1, 0.15) is 5.82 Å². The van der Waals surface area contributed by atoms with Crippen LogP contribution in [0, 0.1) is 12.7 Å². The predicted molar refractivity (Wildman–Crippen MR) is 86.0 cm³/mol. The van der Waals surface area contributed by atoms with Gasteiger partial charge in [-0.3, -0.25) is 4.79 Å². The van der Waals surface area contributed by atoms with Crippen LogP contribution in [0.1, 0.15) is 38.2 Å². The number of nitrogens with zero attached hydrogens (tertiary/aromatic N) is 1. The standard InChI is InChI=1S/C16H23FN2O3S/c1-3-14-6-4-5-9-19(14)16(20)11-18-23(21,22)15-8-7-13(17)10-12(15)2/h7-8,10,14,18H,3-6,9,11H2,1-2H3. The monoisotopic (exact) mass is 342 g/mol. The predicted octanol–water partition coefficient (Wildman–Crippen LogP) is 2.20. The Kier molecular flexibility index (Phi) is 5.75. The molecule has 5 nitrogen and oxygen atoms in total. The van der Waals surface area contributed by atoms with E-state index in [9.17, 15) is 17.6 Å². The zero-order valence-corrected chi connectivity index (χ0v) is 14.3. The maximum Gasteiger partial charge on any atom is 0.241 e. The molecule has 0 aromatic heterocycles. The van der Waals surface area contributed by atoms with E-state index in [-0.39, 0.29) is 23.4 Å². The highest BCUT2D eigenvalue weighted by Gasteiger charge is 2.26. The number of likely N-dealkylation sites (tertiary alicyclic amines) is 1. The summed E-state index contributed by atoms with van der Waals surface area (Å²) in [5.74, 6) is -0.698. The van der Waals surface area contributed by atoms with Crippen LogP contribution < -0.4 is 4.72 Å². The Morgan fingerprint density at radius 1 is 1.39 bits per heavy atom. The van der Waals surface area contributed by atoms with Crippen molar-refractivity contribution in [3.8, 4) is 0 Å². The molecule has 0 aliphatic carbocycles. The molecule has 1 fully saturated rings. The number of aryl methyl sites for hydroxylation is 1. The second kappa shape index (κ2) is 7.40. The smallest absolute Gasteiger partial charge is 0.241 e. The third kappa shape index (κ3) is 4.29. The van der Waals surface area contributed by atoms with E-state index in [1.165, 1.54) is 13.0 Å². The Morgan fingerprint density at radius 2 is 2.13 bits per heavy atom. The first kappa shape index (κ1) is 17.9. The second-order valence-electron chi connectivity index (χ2n) is 5.88. The van der Waals surface area contributed by atoms with Crippen molar-refractivity contribution in [2.45, 2.75) is 50.5 Å². The van der Waals surface area contributed by atoms with Crippen molar-refractivity contribution in [1.29, 1.82) is 0 Å². The van der Waals surface area contributed by atoms with E-state index in [0.717, 1.165) is 37.8 Å². The molecule has 0 radical (unpaired) electrons. The summed E-state index contributed by atoms with van der Waals surface area (Å²) in [4.78, 5) is 14.1. The first-order valence-corrected chi connectivity index (χ1v) is 9.38. The van der Waals surface area contributed by atoms with E-state index in [1.807, 2.05) is 6.92 Å². The van der Waals surface area contributed by atoms with E-state index in [0.29, 0.717) is 12.1 Å². The van der Waals surface area contributed by atoms with Gasteiger partial charge in [-0.25, -0.2) is 17.5 Å². The lowest BCUT2D eigenvalue weighted by atomic mass is 10.00. The molecule has 1 atom stereocenters. The minimum atomic E-state index is -3.83. The van der Waals surface area contributed by atoms with Gasteiger partial charge in [-0.05, 0) is 56.4 Å². The molecule has 1 amide bonds. The van der Waals surface area contributed by atoms with Crippen molar-refractivity contribution in [3.05, 3.63) is 29.6 Å². The highest BCUT2D eigenvalue weighted by molar-refractivity contribution is 7.89. The number of benzene rings is 1. The van der Waals surface area contributed by atoms with E-state index >= 15 is 0 Å². The van der Waals surface area contributed by atoms with Crippen LogP contribution in [-0.4, -0.2) is 38.4 Å². The molecule has 1 heterocycles. The zero-order chi connectivity index (χ0) is 17.0. The minimum absolute atomic E-state index is 0.00242. The second-order valence-corrected chi connectivity index (χ2v) is 7.61. The normalized spacial score (nSPS) is 18.9. The summed E-state index contributed by atoms with van der Waals surface area (Å²) in [7, 11) is -3.83. The van der Waals surface area contributed by atoms with Crippen LogP contribution in [0.15, 0.2) is 23.1 Å². The van der Waals surface area contributed by atoms with Gasteiger partial charge in [0.2, 0.25) is 15.9 Å². The first-order chi connectivity index (χ1) is 10.8. The summed E-state index contributed by atoms with van der Waals surface area (Å²) in [5, 5.41) is 0. The van der Waals surface area contributed by atoms with Crippen LogP contribution in [0.3, 0.4) is 0 Å². The Hall–Kier alpha value is -1.47. The zero-order valence-electron chi connectivity index (χ0n) is 13.5. The summed E-state index contributed by atoms with van der Waals surface area (Å²) in [6.07, 6.45) is 3.89. The van der Waals surface area contributed by atoms with Crippen molar-refractivity contribution in [3.63, 3.8) is 0 Å². The lowest BCUT2D eigenvalue weighted by Gasteiger charge is -2.35. The molecule has 23 heavy (non-hydrogen) atoms. The lowest BCUT2D eigenvalue weighted by molar-refractivity contribution is -0.133. The topological polar surface area (TPSA) is 66.5 Å². The summed E-state index contributed by atoms with van der Waals surface area (Å²) < 4.78 is 40.0. The maximum absolute atomic E-state index is 13.1. The van der Waals surface area contributed by atoms with Crippen LogP contribution >= 0.6 is 0 Å². The van der Waals surface area contributed by atoms with Crippen LogP contribution in [0.2, 0.25) is 0 Å². The fourth-order valence-electron chi connectivity index (χ4n) is 3.00. The Balaban J connectivity index is 2.05. The average Bonchev–Trinajstić information content (AvgIpc) is 2.52.